The summed E-state index contributed by atoms with van der Waals surface area (Å²) in [5.74, 6) is 0.0949. The van der Waals surface area contributed by atoms with Crippen molar-refractivity contribution in [3.63, 3.8) is 0 Å². The molecule has 0 fully saturated rings. The summed E-state index contributed by atoms with van der Waals surface area (Å²) in [4.78, 5) is 10.1. The number of hydrogen-bond acceptors (Lipinski definition) is 2. The maximum atomic E-state index is 10.1. The first kappa shape index (κ1) is 13.7. The number of aliphatic hydroxyl groups is 1. The van der Waals surface area contributed by atoms with Gasteiger partial charge in [0.1, 0.15) is 0 Å². The van der Waals surface area contributed by atoms with Crippen molar-refractivity contribution in [3.8, 4) is 0 Å². The summed E-state index contributed by atoms with van der Waals surface area (Å²) in [6.45, 7) is 7.71. The molecule has 0 spiro atoms. The van der Waals surface area contributed by atoms with Gasteiger partial charge in [-0.3, -0.25) is 4.79 Å². The van der Waals surface area contributed by atoms with Crippen molar-refractivity contribution in [3.05, 3.63) is 11.6 Å². The summed E-state index contributed by atoms with van der Waals surface area (Å²) in [6.07, 6.45) is 1.68. The van der Waals surface area contributed by atoms with Gasteiger partial charge in [0.15, 0.2) is 0 Å². The van der Waals surface area contributed by atoms with Crippen molar-refractivity contribution in [1.29, 1.82) is 0 Å². The summed E-state index contributed by atoms with van der Waals surface area (Å²) in [5.41, 5.74) is 5.45. The minimum atomic E-state index is -0.345. The fourth-order valence-electron chi connectivity index (χ4n) is 0.142. The molecule has 0 unspecified atom stereocenters. The van der Waals surface area contributed by atoms with Crippen molar-refractivity contribution >= 4 is 5.91 Å². The molecule has 0 atom stereocenters. The van der Waals surface area contributed by atoms with Crippen LogP contribution in [0.2, 0.25) is 0 Å². The Hall–Kier alpha value is -0.830. The monoisotopic (exact) mass is 173 g/mol. The van der Waals surface area contributed by atoms with E-state index in [0.717, 1.165) is 0 Å². The van der Waals surface area contributed by atoms with Crippen molar-refractivity contribution < 1.29 is 9.90 Å². The van der Waals surface area contributed by atoms with Gasteiger partial charge >= 0.3 is 0 Å². The number of rotatable bonds is 2. The largest absolute Gasteiger partial charge is 0.396 e. The van der Waals surface area contributed by atoms with E-state index in [1.807, 2.05) is 13.8 Å². The zero-order valence-corrected chi connectivity index (χ0v) is 8.29. The summed E-state index contributed by atoms with van der Waals surface area (Å²) in [5, 5.41) is 8.14. The second-order valence-electron chi connectivity index (χ2n) is 2.91. The minimum absolute atomic E-state index is 0.306. The average Bonchev–Trinajstić information content (AvgIpc) is 2.04. The van der Waals surface area contributed by atoms with Crippen LogP contribution in [0.25, 0.3) is 0 Å². The standard InChI is InChI=1S/C5H9NO.C4H10O/c1-3-4(2)5(6)7;1-4(2)3-5/h3H,1-2H3,(H2,6,7);4-5H,3H2,1-2H3. The van der Waals surface area contributed by atoms with E-state index in [4.69, 9.17) is 10.8 Å². The number of allylic oxidation sites excluding steroid dienone is 1. The van der Waals surface area contributed by atoms with Crippen LogP contribution in [0.3, 0.4) is 0 Å². The summed E-state index contributed by atoms with van der Waals surface area (Å²) in [6, 6.07) is 0. The molecule has 0 heterocycles. The molecule has 0 saturated heterocycles. The molecular weight excluding hydrogens is 154 g/mol. The van der Waals surface area contributed by atoms with Crippen LogP contribution >= 0.6 is 0 Å². The van der Waals surface area contributed by atoms with Gasteiger partial charge in [-0.1, -0.05) is 19.9 Å². The third kappa shape index (κ3) is 11.9. The molecule has 3 N–H and O–H groups in total. The Bertz CT molecular complexity index is 151. The molecule has 0 radical (unpaired) electrons. The second kappa shape index (κ2) is 8.27. The lowest BCUT2D eigenvalue weighted by Gasteiger charge is -1.90. The van der Waals surface area contributed by atoms with E-state index in [1.54, 1.807) is 19.9 Å². The highest BCUT2D eigenvalue weighted by Gasteiger charge is 1.90. The molecular formula is C9H19NO2. The highest BCUT2D eigenvalue weighted by molar-refractivity contribution is 5.91. The van der Waals surface area contributed by atoms with E-state index in [0.29, 0.717) is 18.1 Å². The van der Waals surface area contributed by atoms with Gasteiger partial charge in [0, 0.05) is 12.2 Å². The van der Waals surface area contributed by atoms with Crippen LogP contribution in [0.5, 0.6) is 0 Å². The van der Waals surface area contributed by atoms with E-state index >= 15 is 0 Å². The topological polar surface area (TPSA) is 63.3 Å². The number of nitrogens with two attached hydrogens (primary N) is 1. The summed E-state index contributed by atoms with van der Waals surface area (Å²) >= 11 is 0. The number of aliphatic hydroxyl groups excluding tert-OH is 1. The lowest BCUT2D eigenvalue weighted by molar-refractivity contribution is -0.114. The van der Waals surface area contributed by atoms with Gasteiger partial charge in [-0.25, -0.2) is 0 Å². The van der Waals surface area contributed by atoms with Crippen LogP contribution in [-0.2, 0) is 4.79 Å². The maximum absolute atomic E-state index is 10.1. The minimum Gasteiger partial charge on any atom is -0.396 e. The van der Waals surface area contributed by atoms with Gasteiger partial charge in [-0.05, 0) is 19.8 Å². The Morgan fingerprint density at radius 1 is 1.58 bits per heavy atom. The van der Waals surface area contributed by atoms with Gasteiger partial charge in [-0.2, -0.15) is 0 Å². The Morgan fingerprint density at radius 2 is 1.92 bits per heavy atom. The predicted octanol–water partition coefficient (Wildman–Crippen LogP) is 1.07. The third-order valence-corrected chi connectivity index (χ3v) is 1.19. The fourth-order valence-corrected chi connectivity index (χ4v) is 0.142. The van der Waals surface area contributed by atoms with Gasteiger partial charge in [-0.15, -0.1) is 0 Å². The molecule has 3 heteroatoms. The molecule has 0 rings (SSSR count). The molecule has 0 aliphatic rings. The second-order valence-corrected chi connectivity index (χ2v) is 2.91. The maximum Gasteiger partial charge on any atom is 0.243 e. The normalized spacial score (nSPS) is 10.7. The fraction of sp³-hybridized carbons (Fsp3) is 0.667. The van der Waals surface area contributed by atoms with Crippen LogP contribution in [0, 0.1) is 5.92 Å². The molecule has 0 aromatic carbocycles. The zero-order chi connectivity index (χ0) is 10.1. The SMILES string of the molecule is CC(C)CO.CC=C(C)C(N)=O. The van der Waals surface area contributed by atoms with Crippen molar-refractivity contribution in [2.24, 2.45) is 11.7 Å². The van der Waals surface area contributed by atoms with E-state index in [-0.39, 0.29) is 5.91 Å². The van der Waals surface area contributed by atoms with Gasteiger partial charge in [0.2, 0.25) is 5.91 Å². The molecule has 3 nitrogen and oxygen atoms in total. The van der Waals surface area contributed by atoms with E-state index in [2.05, 4.69) is 0 Å². The molecule has 0 aliphatic heterocycles. The first-order valence-electron chi connectivity index (χ1n) is 3.99. The first-order valence-corrected chi connectivity index (χ1v) is 3.99. The molecule has 0 aliphatic carbocycles. The molecule has 0 aromatic rings. The summed E-state index contributed by atoms with van der Waals surface area (Å²) in [7, 11) is 0. The van der Waals surface area contributed by atoms with Gasteiger partial charge in [0.05, 0.1) is 0 Å². The molecule has 72 valence electrons. The Balaban J connectivity index is 0. The van der Waals surface area contributed by atoms with Crippen LogP contribution < -0.4 is 5.73 Å². The van der Waals surface area contributed by atoms with Crippen molar-refractivity contribution in [2.75, 3.05) is 6.61 Å². The molecule has 0 saturated carbocycles. The number of primary amides is 1. The van der Waals surface area contributed by atoms with E-state index in [1.165, 1.54) is 0 Å². The van der Waals surface area contributed by atoms with Gasteiger partial charge in [0.25, 0.3) is 0 Å². The smallest absolute Gasteiger partial charge is 0.243 e. The Labute approximate surface area is 74.3 Å². The molecule has 1 amide bonds. The summed E-state index contributed by atoms with van der Waals surface area (Å²) < 4.78 is 0. The highest BCUT2D eigenvalue weighted by Crippen LogP contribution is 1.85. The number of carbonyl (C=O) groups is 1. The zero-order valence-electron chi connectivity index (χ0n) is 8.29. The number of hydrogen-bond donors (Lipinski definition) is 2. The van der Waals surface area contributed by atoms with Crippen molar-refractivity contribution in [2.45, 2.75) is 27.7 Å². The lowest BCUT2D eigenvalue weighted by atomic mass is 10.2. The van der Waals surface area contributed by atoms with Crippen LogP contribution in [0.15, 0.2) is 11.6 Å². The Morgan fingerprint density at radius 3 is 1.92 bits per heavy atom. The predicted molar refractivity (Wildman–Crippen MR) is 50.5 cm³/mol. The molecule has 0 bridgehead atoms. The number of amides is 1. The highest BCUT2D eigenvalue weighted by atomic mass is 16.3. The number of carbonyl (C=O) groups excluding carboxylic acids is 1. The lowest BCUT2D eigenvalue weighted by Crippen LogP contribution is -2.10. The quantitative estimate of drug-likeness (QED) is 0.613. The van der Waals surface area contributed by atoms with Crippen LogP contribution in [0.4, 0.5) is 0 Å². The van der Waals surface area contributed by atoms with E-state index in [9.17, 15) is 4.79 Å². The van der Waals surface area contributed by atoms with Gasteiger partial charge < -0.3 is 10.8 Å². The molecule has 0 aromatic heterocycles. The first-order chi connectivity index (χ1) is 5.45. The van der Waals surface area contributed by atoms with Crippen molar-refractivity contribution in [1.82, 2.24) is 0 Å². The Kier molecular flexibility index (Phi) is 9.47. The van der Waals surface area contributed by atoms with Crippen LogP contribution in [0.1, 0.15) is 27.7 Å². The van der Waals surface area contributed by atoms with Crippen LogP contribution in [-0.4, -0.2) is 17.6 Å². The molecule has 12 heavy (non-hydrogen) atoms. The third-order valence-electron chi connectivity index (χ3n) is 1.19. The van der Waals surface area contributed by atoms with E-state index < -0.39 is 0 Å². The average molecular weight is 173 g/mol.